The maximum atomic E-state index is 13.2. The number of anilines is 1. The monoisotopic (exact) mass is 378 g/mol. The first-order valence-electron chi connectivity index (χ1n) is 9.23. The maximum Gasteiger partial charge on any atom is 0.242 e. The number of benzene rings is 1. The van der Waals surface area contributed by atoms with Crippen molar-refractivity contribution in [3.8, 4) is 0 Å². The topological polar surface area (TPSA) is 74.8 Å². The summed E-state index contributed by atoms with van der Waals surface area (Å²) < 4.78 is 23.6. The Kier molecular flexibility index (Phi) is 5.10. The normalized spacial score (nSPS) is 22.6. The Bertz CT molecular complexity index is 787. The van der Waals surface area contributed by atoms with Gasteiger partial charge in [-0.15, -0.1) is 0 Å². The predicted molar refractivity (Wildman–Crippen MR) is 101 cm³/mol. The van der Waals surface area contributed by atoms with E-state index < -0.39 is 15.3 Å². The molecule has 2 fully saturated rings. The lowest BCUT2D eigenvalue weighted by Gasteiger charge is -2.33. The Morgan fingerprint density at radius 1 is 1.08 bits per heavy atom. The summed E-state index contributed by atoms with van der Waals surface area (Å²) in [5, 5.41) is 0. The van der Waals surface area contributed by atoms with Crippen molar-refractivity contribution >= 4 is 27.3 Å². The van der Waals surface area contributed by atoms with Gasteiger partial charge in [0, 0.05) is 24.8 Å². The highest BCUT2D eigenvalue weighted by Gasteiger charge is 2.60. The maximum absolute atomic E-state index is 13.2. The molecular formula is C19H26N2O4S. The van der Waals surface area contributed by atoms with E-state index in [4.69, 9.17) is 0 Å². The van der Waals surface area contributed by atoms with Crippen LogP contribution < -0.4 is 4.90 Å². The van der Waals surface area contributed by atoms with Gasteiger partial charge in [-0.05, 0) is 45.2 Å². The largest absolute Gasteiger partial charge is 0.338 e. The van der Waals surface area contributed by atoms with Crippen LogP contribution >= 0.6 is 0 Å². The fourth-order valence-electron chi connectivity index (χ4n) is 3.82. The molecule has 1 atom stereocenters. The first-order chi connectivity index (χ1) is 12.3. The van der Waals surface area contributed by atoms with Crippen molar-refractivity contribution in [1.29, 1.82) is 0 Å². The minimum Gasteiger partial charge on any atom is -0.338 e. The van der Waals surface area contributed by atoms with Crippen molar-refractivity contribution in [3.05, 3.63) is 30.3 Å². The molecule has 0 aromatic heterocycles. The zero-order chi connectivity index (χ0) is 18.9. The summed E-state index contributed by atoms with van der Waals surface area (Å²) in [7, 11) is -3.08. The van der Waals surface area contributed by atoms with Crippen molar-refractivity contribution in [3.63, 3.8) is 0 Å². The Morgan fingerprint density at radius 2 is 1.73 bits per heavy atom. The van der Waals surface area contributed by atoms with Crippen LogP contribution in [0.5, 0.6) is 0 Å². The molecule has 1 unspecified atom stereocenters. The molecule has 1 saturated heterocycles. The van der Waals surface area contributed by atoms with Gasteiger partial charge in [-0.1, -0.05) is 18.2 Å². The average Bonchev–Trinajstić information content (AvgIpc) is 3.36. The highest BCUT2D eigenvalue weighted by atomic mass is 32.2. The van der Waals surface area contributed by atoms with Crippen molar-refractivity contribution in [2.75, 3.05) is 29.5 Å². The molecule has 1 aliphatic heterocycles. The molecule has 0 radical (unpaired) electrons. The molecule has 0 bridgehead atoms. The fourth-order valence-corrected chi connectivity index (χ4v) is 5.55. The van der Waals surface area contributed by atoms with Gasteiger partial charge < -0.3 is 9.80 Å². The quantitative estimate of drug-likeness (QED) is 0.708. The van der Waals surface area contributed by atoms with Crippen molar-refractivity contribution in [1.82, 2.24) is 4.90 Å². The summed E-state index contributed by atoms with van der Waals surface area (Å²) in [4.78, 5) is 29.7. The van der Waals surface area contributed by atoms with Gasteiger partial charge in [0.15, 0.2) is 9.84 Å². The summed E-state index contributed by atoms with van der Waals surface area (Å²) in [6.45, 7) is 4.65. The molecule has 1 heterocycles. The number of carbonyl (C=O) groups excluding carboxylic acids is 2. The molecule has 26 heavy (non-hydrogen) atoms. The Labute approximate surface area is 155 Å². The standard InChI is InChI=1S/C19H26N2O4S/c1-3-20(15-8-6-5-7-9-15)17(22)19(11-12-19)18(23)21(4-2)16-10-13-26(24,25)14-16/h5-9,16H,3-4,10-14H2,1-2H3. The van der Waals surface area contributed by atoms with Gasteiger partial charge in [-0.3, -0.25) is 9.59 Å². The van der Waals surface area contributed by atoms with Crippen LogP contribution in [0.2, 0.25) is 0 Å². The molecule has 7 heteroatoms. The highest BCUT2D eigenvalue weighted by Crippen LogP contribution is 2.50. The fraction of sp³-hybridized carbons (Fsp3) is 0.579. The van der Waals surface area contributed by atoms with Crippen LogP contribution in [0.15, 0.2) is 30.3 Å². The van der Waals surface area contributed by atoms with E-state index in [-0.39, 0.29) is 29.4 Å². The van der Waals surface area contributed by atoms with E-state index in [1.54, 1.807) is 9.80 Å². The second-order valence-electron chi connectivity index (χ2n) is 7.12. The van der Waals surface area contributed by atoms with Crippen LogP contribution in [0.25, 0.3) is 0 Å². The van der Waals surface area contributed by atoms with Crippen molar-refractivity contribution in [2.24, 2.45) is 5.41 Å². The summed E-state index contributed by atoms with van der Waals surface area (Å²) in [5.41, 5.74) is -0.237. The van der Waals surface area contributed by atoms with Crippen LogP contribution in [0.1, 0.15) is 33.1 Å². The minimum absolute atomic E-state index is 0.00697. The van der Waals surface area contributed by atoms with Gasteiger partial charge in [0.2, 0.25) is 11.8 Å². The van der Waals surface area contributed by atoms with Crippen molar-refractivity contribution < 1.29 is 18.0 Å². The molecule has 142 valence electrons. The van der Waals surface area contributed by atoms with Gasteiger partial charge in [-0.25, -0.2) is 8.42 Å². The number of hydrogen-bond donors (Lipinski definition) is 0. The van der Waals surface area contributed by atoms with E-state index in [1.165, 1.54) is 0 Å². The third-order valence-electron chi connectivity index (χ3n) is 5.45. The summed E-state index contributed by atoms with van der Waals surface area (Å²) in [6.07, 6.45) is 1.52. The molecule has 0 N–H and O–H groups in total. The zero-order valence-electron chi connectivity index (χ0n) is 15.3. The number of rotatable bonds is 6. The summed E-state index contributed by atoms with van der Waals surface area (Å²) in [5.74, 6) is -0.252. The van der Waals surface area contributed by atoms with Gasteiger partial charge >= 0.3 is 0 Å². The van der Waals surface area contributed by atoms with Crippen LogP contribution in [-0.4, -0.2) is 55.8 Å². The van der Waals surface area contributed by atoms with Crippen LogP contribution in [0.3, 0.4) is 0 Å². The third kappa shape index (κ3) is 3.37. The number of carbonyl (C=O) groups is 2. The third-order valence-corrected chi connectivity index (χ3v) is 7.20. The Hall–Kier alpha value is -1.89. The van der Waals surface area contributed by atoms with E-state index in [2.05, 4.69) is 0 Å². The molecule has 1 saturated carbocycles. The Morgan fingerprint density at radius 3 is 2.19 bits per heavy atom. The van der Waals surface area contributed by atoms with E-state index in [1.807, 2.05) is 44.2 Å². The average molecular weight is 378 g/mol. The second kappa shape index (κ2) is 7.02. The van der Waals surface area contributed by atoms with Crippen LogP contribution in [0, 0.1) is 5.41 Å². The molecule has 2 amide bonds. The minimum atomic E-state index is -3.08. The van der Waals surface area contributed by atoms with E-state index in [0.717, 1.165) is 5.69 Å². The number of amides is 2. The second-order valence-corrected chi connectivity index (χ2v) is 9.34. The van der Waals surface area contributed by atoms with Gasteiger partial charge in [0.05, 0.1) is 11.5 Å². The molecular weight excluding hydrogens is 352 g/mol. The van der Waals surface area contributed by atoms with E-state index in [9.17, 15) is 18.0 Å². The summed E-state index contributed by atoms with van der Waals surface area (Å²) in [6, 6.07) is 9.04. The predicted octanol–water partition coefficient (Wildman–Crippen LogP) is 1.86. The number of nitrogens with zero attached hydrogens (tertiary/aromatic N) is 2. The number of sulfone groups is 1. The first-order valence-corrected chi connectivity index (χ1v) is 11.1. The highest BCUT2D eigenvalue weighted by molar-refractivity contribution is 7.91. The lowest BCUT2D eigenvalue weighted by Crippen LogP contribution is -2.50. The van der Waals surface area contributed by atoms with Crippen molar-refractivity contribution in [2.45, 2.75) is 39.2 Å². The van der Waals surface area contributed by atoms with Crippen LogP contribution in [-0.2, 0) is 19.4 Å². The molecule has 3 rings (SSSR count). The molecule has 1 aromatic carbocycles. The van der Waals surface area contributed by atoms with E-state index in [0.29, 0.717) is 32.4 Å². The number of hydrogen-bond acceptors (Lipinski definition) is 4. The molecule has 0 spiro atoms. The lowest BCUT2D eigenvalue weighted by molar-refractivity contribution is -0.144. The smallest absolute Gasteiger partial charge is 0.242 e. The molecule has 1 aliphatic carbocycles. The SMILES string of the molecule is CCN(C(=O)C1(C(=O)N(CC)C2CCS(=O)(=O)C2)CC1)c1ccccc1. The van der Waals surface area contributed by atoms with Gasteiger partial charge in [0.25, 0.3) is 0 Å². The number of para-hydroxylation sites is 1. The zero-order valence-corrected chi connectivity index (χ0v) is 16.2. The first kappa shape index (κ1) is 18.9. The molecule has 2 aliphatic rings. The van der Waals surface area contributed by atoms with Crippen LogP contribution in [0.4, 0.5) is 5.69 Å². The lowest BCUT2D eigenvalue weighted by atomic mass is 10.0. The van der Waals surface area contributed by atoms with Gasteiger partial charge in [0.1, 0.15) is 5.41 Å². The summed E-state index contributed by atoms with van der Waals surface area (Å²) >= 11 is 0. The Balaban J connectivity index is 1.82. The molecule has 1 aromatic rings. The van der Waals surface area contributed by atoms with E-state index >= 15 is 0 Å². The van der Waals surface area contributed by atoms with Gasteiger partial charge in [-0.2, -0.15) is 0 Å². The molecule has 6 nitrogen and oxygen atoms in total.